The molecule has 1 unspecified atom stereocenters. The van der Waals surface area contributed by atoms with E-state index in [1.165, 1.54) is 11.3 Å². The molecule has 4 N–H and O–H groups in total. The number of methoxy groups -OCH3 is 1. The summed E-state index contributed by atoms with van der Waals surface area (Å²) < 4.78 is 18.4. The molecule has 0 spiro atoms. The number of hydrogen-bond acceptors (Lipinski definition) is 8. The van der Waals surface area contributed by atoms with E-state index in [9.17, 15) is 4.55 Å². The first-order valence-corrected chi connectivity index (χ1v) is 12.2. The van der Waals surface area contributed by atoms with Crippen LogP contribution >= 0.6 is 11.3 Å². The SMILES string of the molecule is C=N/C(=N\C=C(/C)c1nc(-c2ccccc2)c2c(N)c([S+]([O-])CCOC)sc2n1)NCCO. The number of anilines is 1. The van der Waals surface area contributed by atoms with Gasteiger partial charge in [-0.2, -0.15) is 0 Å². The van der Waals surface area contributed by atoms with E-state index in [0.717, 1.165) is 5.56 Å². The first-order valence-electron chi connectivity index (χ1n) is 10.1. The van der Waals surface area contributed by atoms with Crippen LogP contribution in [0.15, 0.2) is 50.7 Å². The number of fused-ring (bicyclic) bond motifs is 1. The highest BCUT2D eigenvalue weighted by molar-refractivity contribution is 7.93. The van der Waals surface area contributed by atoms with Gasteiger partial charge in [0.2, 0.25) is 10.2 Å². The number of guanidine groups is 1. The molecule has 11 heteroatoms. The molecule has 2 heterocycles. The minimum Gasteiger partial charge on any atom is -0.611 e. The number of allylic oxidation sites excluding steroid dienone is 1. The van der Waals surface area contributed by atoms with Crippen LogP contribution in [-0.2, 0) is 15.9 Å². The first kappa shape index (κ1) is 24.8. The number of hydrogen-bond donors (Lipinski definition) is 3. The molecule has 0 aliphatic carbocycles. The molecular weight excluding hydrogens is 460 g/mol. The minimum atomic E-state index is -1.31. The summed E-state index contributed by atoms with van der Waals surface area (Å²) in [5, 5.41) is 12.5. The van der Waals surface area contributed by atoms with Gasteiger partial charge in [0.1, 0.15) is 16.3 Å². The van der Waals surface area contributed by atoms with E-state index in [4.69, 9.17) is 20.6 Å². The van der Waals surface area contributed by atoms with Crippen LogP contribution in [0.3, 0.4) is 0 Å². The molecule has 3 rings (SSSR count). The number of aliphatic hydroxyl groups is 1. The molecule has 0 radical (unpaired) electrons. The van der Waals surface area contributed by atoms with Crippen molar-refractivity contribution in [3.05, 3.63) is 42.4 Å². The molecule has 0 fully saturated rings. The van der Waals surface area contributed by atoms with Gasteiger partial charge in [0, 0.05) is 42.2 Å². The zero-order valence-corrected chi connectivity index (χ0v) is 20.1. The van der Waals surface area contributed by atoms with Crippen LogP contribution in [0.1, 0.15) is 12.7 Å². The summed E-state index contributed by atoms with van der Waals surface area (Å²) in [6.45, 7) is 5.93. The second kappa shape index (κ2) is 11.9. The second-order valence-electron chi connectivity index (χ2n) is 6.86. The predicted molar refractivity (Wildman–Crippen MR) is 136 cm³/mol. The zero-order valence-electron chi connectivity index (χ0n) is 18.4. The quantitative estimate of drug-likeness (QED) is 0.240. The molecule has 2 aromatic heterocycles. The summed E-state index contributed by atoms with van der Waals surface area (Å²) in [6, 6.07) is 9.66. The van der Waals surface area contributed by atoms with Crippen molar-refractivity contribution in [2.45, 2.75) is 11.1 Å². The van der Waals surface area contributed by atoms with E-state index in [-0.39, 0.29) is 12.6 Å². The van der Waals surface area contributed by atoms with Gasteiger partial charge in [-0.25, -0.2) is 20.0 Å². The Morgan fingerprint density at radius 3 is 2.79 bits per heavy atom. The zero-order chi connectivity index (χ0) is 23.8. The number of ether oxygens (including phenoxy) is 1. The van der Waals surface area contributed by atoms with Crippen LogP contribution in [0.4, 0.5) is 5.69 Å². The number of aliphatic imine (C=N–C) groups is 2. The van der Waals surface area contributed by atoms with Crippen molar-refractivity contribution in [2.75, 3.05) is 38.4 Å². The number of nitrogens with one attached hydrogen (secondary N) is 1. The molecule has 0 bridgehead atoms. The average molecular weight is 487 g/mol. The van der Waals surface area contributed by atoms with Crippen molar-refractivity contribution >= 4 is 56.7 Å². The Kier molecular flexibility index (Phi) is 8.92. The third-order valence-electron chi connectivity index (χ3n) is 4.56. The van der Waals surface area contributed by atoms with E-state index in [1.54, 1.807) is 13.3 Å². The average Bonchev–Trinajstić information content (AvgIpc) is 3.18. The highest BCUT2D eigenvalue weighted by Gasteiger charge is 2.25. The molecular formula is C22H26N6O3S2. The van der Waals surface area contributed by atoms with Gasteiger partial charge in [-0.15, -0.1) is 0 Å². The summed E-state index contributed by atoms with van der Waals surface area (Å²) in [7, 11) is 1.57. The van der Waals surface area contributed by atoms with E-state index in [0.29, 0.717) is 56.1 Å². The van der Waals surface area contributed by atoms with E-state index in [1.807, 2.05) is 37.3 Å². The van der Waals surface area contributed by atoms with Crippen molar-refractivity contribution in [2.24, 2.45) is 9.98 Å². The van der Waals surface area contributed by atoms with Crippen molar-refractivity contribution in [1.29, 1.82) is 0 Å². The molecule has 0 saturated heterocycles. The Bertz CT molecular complexity index is 1160. The highest BCUT2D eigenvalue weighted by Crippen LogP contribution is 2.41. The number of thiophene rings is 1. The fraction of sp³-hybridized carbons (Fsp3) is 0.273. The van der Waals surface area contributed by atoms with Crippen LogP contribution in [-0.4, -0.2) is 64.9 Å². The number of nitrogens with zero attached hydrogens (tertiary/aromatic N) is 4. The Balaban J connectivity index is 2.13. The van der Waals surface area contributed by atoms with Gasteiger partial charge in [0.15, 0.2) is 5.82 Å². The summed E-state index contributed by atoms with van der Waals surface area (Å²) >= 11 is -0.00816. The Morgan fingerprint density at radius 1 is 1.36 bits per heavy atom. The second-order valence-corrected chi connectivity index (χ2v) is 9.63. The number of aliphatic hydroxyl groups excluding tert-OH is 1. The lowest BCUT2D eigenvalue weighted by Gasteiger charge is -2.09. The van der Waals surface area contributed by atoms with Crippen LogP contribution in [0.5, 0.6) is 0 Å². The lowest BCUT2D eigenvalue weighted by molar-refractivity contribution is 0.217. The van der Waals surface area contributed by atoms with Crippen LogP contribution in [0.25, 0.3) is 27.0 Å². The number of nitrogen functional groups attached to an aromatic ring is 1. The van der Waals surface area contributed by atoms with Gasteiger partial charge in [-0.3, -0.25) is 0 Å². The summed E-state index contributed by atoms with van der Waals surface area (Å²) in [5.41, 5.74) is 9.11. The minimum absolute atomic E-state index is 0.0503. The Morgan fingerprint density at radius 2 is 2.12 bits per heavy atom. The molecule has 0 aliphatic rings. The molecule has 174 valence electrons. The predicted octanol–water partition coefficient (Wildman–Crippen LogP) is 2.69. The highest BCUT2D eigenvalue weighted by atomic mass is 32.2. The molecule has 33 heavy (non-hydrogen) atoms. The third-order valence-corrected chi connectivity index (χ3v) is 7.43. The van der Waals surface area contributed by atoms with Gasteiger partial charge in [0.05, 0.1) is 24.3 Å². The van der Waals surface area contributed by atoms with Gasteiger partial charge < -0.3 is 25.4 Å². The van der Waals surface area contributed by atoms with Gasteiger partial charge in [-0.05, 0) is 13.6 Å². The number of rotatable bonds is 9. The van der Waals surface area contributed by atoms with Crippen molar-refractivity contribution < 1.29 is 14.4 Å². The molecule has 0 amide bonds. The maximum absolute atomic E-state index is 12.8. The molecule has 9 nitrogen and oxygen atoms in total. The molecule has 0 aliphatic heterocycles. The van der Waals surface area contributed by atoms with Crippen LogP contribution < -0.4 is 11.1 Å². The van der Waals surface area contributed by atoms with Crippen molar-refractivity contribution in [3.8, 4) is 11.3 Å². The lowest BCUT2D eigenvalue weighted by Crippen LogP contribution is -2.24. The fourth-order valence-corrected chi connectivity index (χ4v) is 5.47. The Hall–Kier alpha value is -2.83. The molecule has 3 aromatic rings. The third kappa shape index (κ3) is 5.95. The summed E-state index contributed by atoms with van der Waals surface area (Å²) in [5.74, 6) is 1.09. The standard InChI is InChI=1S/C22H26N6O3S2/c1-14(13-26-22(24-2)25-9-10-29)19-27-18(15-7-5-4-6-8-15)16-17(23)21(32-20(16)28-19)33(30)12-11-31-3/h4-8,13,29H,2,9-12,23H2,1,3H3,(H,25,26)/b14-13+. The van der Waals surface area contributed by atoms with Crippen LogP contribution in [0, 0.1) is 0 Å². The lowest BCUT2D eigenvalue weighted by atomic mass is 10.1. The normalized spacial score (nSPS) is 13.3. The van der Waals surface area contributed by atoms with Gasteiger partial charge in [-0.1, -0.05) is 41.7 Å². The Labute approximate surface area is 199 Å². The van der Waals surface area contributed by atoms with E-state index >= 15 is 0 Å². The maximum Gasteiger partial charge on any atom is 0.232 e. The van der Waals surface area contributed by atoms with E-state index in [2.05, 4.69) is 27.0 Å². The summed E-state index contributed by atoms with van der Waals surface area (Å²) in [4.78, 5) is 18.2. The molecule has 0 saturated carbocycles. The number of benzene rings is 1. The van der Waals surface area contributed by atoms with Crippen LogP contribution in [0.2, 0.25) is 0 Å². The first-order chi connectivity index (χ1) is 16.0. The van der Waals surface area contributed by atoms with Crippen molar-refractivity contribution in [3.63, 3.8) is 0 Å². The van der Waals surface area contributed by atoms with Gasteiger partial charge in [0.25, 0.3) is 0 Å². The van der Waals surface area contributed by atoms with Crippen molar-refractivity contribution in [1.82, 2.24) is 15.3 Å². The smallest absolute Gasteiger partial charge is 0.232 e. The van der Waals surface area contributed by atoms with Gasteiger partial charge >= 0.3 is 0 Å². The number of nitrogens with two attached hydrogens (primary N) is 1. The molecule has 1 aromatic carbocycles. The number of aromatic nitrogens is 2. The van der Waals surface area contributed by atoms with E-state index < -0.39 is 11.2 Å². The molecule has 1 atom stereocenters. The monoisotopic (exact) mass is 486 g/mol. The fourth-order valence-electron chi connectivity index (χ4n) is 2.93. The maximum atomic E-state index is 12.8. The largest absolute Gasteiger partial charge is 0.611 e. The topological polar surface area (TPSA) is 141 Å². The summed E-state index contributed by atoms with van der Waals surface area (Å²) in [6.07, 6.45) is 1.58.